The number of piperazine rings is 1. The van der Waals surface area contributed by atoms with Gasteiger partial charge in [-0.15, -0.1) is 0 Å². The van der Waals surface area contributed by atoms with Crippen LogP contribution in [0.2, 0.25) is 0 Å². The average molecular weight is 278 g/mol. The van der Waals surface area contributed by atoms with Crippen LogP contribution in [0.15, 0.2) is 0 Å². The second-order valence-electron chi connectivity index (χ2n) is 5.37. The SMILES string of the molecule is CCC1CN(CC(C#N)CCC#N)CCN1CCOC. The van der Waals surface area contributed by atoms with E-state index in [2.05, 4.69) is 28.9 Å². The Morgan fingerprint density at radius 3 is 2.75 bits per heavy atom. The fourth-order valence-electron chi connectivity index (χ4n) is 2.76. The van der Waals surface area contributed by atoms with Crippen LogP contribution in [0.4, 0.5) is 0 Å². The van der Waals surface area contributed by atoms with Gasteiger partial charge in [-0.2, -0.15) is 10.5 Å². The van der Waals surface area contributed by atoms with Gasteiger partial charge in [0.05, 0.1) is 24.7 Å². The van der Waals surface area contributed by atoms with E-state index < -0.39 is 0 Å². The van der Waals surface area contributed by atoms with E-state index in [0.29, 0.717) is 18.9 Å². The van der Waals surface area contributed by atoms with Gasteiger partial charge < -0.3 is 4.74 Å². The van der Waals surface area contributed by atoms with Crippen LogP contribution < -0.4 is 0 Å². The Balaban J connectivity index is 2.43. The van der Waals surface area contributed by atoms with E-state index in [0.717, 1.165) is 45.8 Å². The Labute approximate surface area is 122 Å². The summed E-state index contributed by atoms with van der Waals surface area (Å²) in [5.74, 6) is -0.0160. The first-order chi connectivity index (χ1) is 9.74. The summed E-state index contributed by atoms with van der Waals surface area (Å²) in [7, 11) is 1.74. The number of nitriles is 2. The van der Waals surface area contributed by atoms with E-state index in [9.17, 15) is 0 Å². The van der Waals surface area contributed by atoms with Crippen LogP contribution in [0.3, 0.4) is 0 Å². The summed E-state index contributed by atoms with van der Waals surface area (Å²) in [6.07, 6.45) is 2.28. The molecule has 2 unspecified atom stereocenters. The minimum atomic E-state index is -0.0160. The van der Waals surface area contributed by atoms with Gasteiger partial charge in [0.2, 0.25) is 0 Å². The minimum Gasteiger partial charge on any atom is -0.383 e. The highest BCUT2D eigenvalue weighted by atomic mass is 16.5. The van der Waals surface area contributed by atoms with Crippen molar-refractivity contribution in [2.75, 3.05) is 46.4 Å². The fourth-order valence-corrected chi connectivity index (χ4v) is 2.76. The van der Waals surface area contributed by atoms with Crippen molar-refractivity contribution in [2.24, 2.45) is 5.92 Å². The number of ether oxygens (including phenoxy) is 1. The Morgan fingerprint density at radius 2 is 2.15 bits per heavy atom. The predicted molar refractivity (Wildman–Crippen MR) is 77.9 cm³/mol. The summed E-state index contributed by atoms with van der Waals surface area (Å²) in [6, 6.07) is 5.01. The molecule has 0 saturated carbocycles. The second kappa shape index (κ2) is 9.72. The molecule has 0 aromatic rings. The van der Waals surface area contributed by atoms with Gasteiger partial charge in [-0.25, -0.2) is 0 Å². The van der Waals surface area contributed by atoms with Gasteiger partial charge in [0.1, 0.15) is 0 Å². The van der Waals surface area contributed by atoms with Crippen LogP contribution in [-0.2, 0) is 4.74 Å². The van der Waals surface area contributed by atoms with E-state index in [4.69, 9.17) is 15.3 Å². The third-order valence-corrected chi connectivity index (χ3v) is 4.01. The first kappa shape index (κ1) is 16.9. The normalized spacial score (nSPS) is 22.1. The monoisotopic (exact) mass is 278 g/mol. The number of hydrogen-bond acceptors (Lipinski definition) is 5. The Morgan fingerprint density at radius 1 is 1.35 bits per heavy atom. The van der Waals surface area contributed by atoms with Crippen molar-refractivity contribution in [1.82, 2.24) is 9.80 Å². The van der Waals surface area contributed by atoms with E-state index in [1.54, 1.807) is 7.11 Å². The smallest absolute Gasteiger partial charge is 0.0669 e. The molecule has 0 radical (unpaired) electrons. The van der Waals surface area contributed by atoms with Gasteiger partial charge in [-0.3, -0.25) is 9.80 Å². The van der Waals surface area contributed by atoms with Gasteiger partial charge in [-0.05, 0) is 12.8 Å². The fraction of sp³-hybridized carbons (Fsp3) is 0.867. The van der Waals surface area contributed by atoms with Crippen molar-refractivity contribution in [1.29, 1.82) is 10.5 Å². The molecule has 0 aromatic carbocycles. The molecular formula is C15H26N4O. The molecule has 1 aliphatic heterocycles. The second-order valence-corrected chi connectivity index (χ2v) is 5.37. The molecular weight excluding hydrogens is 252 g/mol. The van der Waals surface area contributed by atoms with Crippen molar-refractivity contribution in [3.63, 3.8) is 0 Å². The average Bonchev–Trinajstić information content (AvgIpc) is 2.49. The quantitative estimate of drug-likeness (QED) is 0.673. The molecule has 112 valence electrons. The van der Waals surface area contributed by atoms with E-state index >= 15 is 0 Å². The molecule has 5 heteroatoms. The zero-order valence-electron chi connectivity index (χ0n) is 12.7. The molecule has 0 amide bonds. The zero-order valence-corrected chi connectivity index (χ0v) is 12.7. The van der Waals surface area contributed by atoms with Crippen LogP contribution in [0.5, 0.6) is 0 Å². The molecule has 2 atom stereocenters. The maximum Gasteiger partial charge on any atom is 0.0669 e. The van der Waals surface area contributed by atoms with E-state index in [-0.39, 0.29) is 5.92 Å². The third-order valence-electron chi connectivity index (χ3n) is 4.01. The first-order valence-electron chi connectivity index (χ1n) is 7.47. The standard InChI is InChI=1S/C15H26N4O/c1-3-15-13-18(7-8-19(15)9-10-20-2)12-14(11-17)5-4-6-16/h14-15H,3-5,7-10,12-13H2,1-2H3. The molecule has 5 nitrogen and oxygen atoms in total. The van der Waals surface area contributed by atoms with E-state index in [1.165, 1.54) is 0 Å². The summed E-state index contributed by atoms with van der Waals surface area (Å²) < 4.78 is 5.16. The van der Waals surface area contributed by atoms with Gasteiger partial charge in [-0.1, -0.05) is 6.92 Å². The van der Waals surface area contributed by atoms with Crippen LogP contribution >= 0.6 is 0 Å². The predicted octanol–water partition coefficient (Wildman–Crippen LogP) is 1.47. The molecule has 1 rings (SSSR count). The highest BCUT2D eigenvalue weighted by Crippen LogP contribution is 2.15. The van der Waals surface area contributed by atoms with Crippen molar-refractivity contribution in [3.8, 4) is 12.1 Å². The van der Waals surface area contributed by atoms with Gasteiger partial charge in [0.15, 0.2) is 0 Å². The lowest BCUT2D eigenvalue weighted by Gasteiger charge is -2.41. The summed E-state index contributed by atoms with van der Waals surface area (Å²) in [6.45, 7) is 7.84. The molecule has 1 saturated heterocycles. The molecule has 1 heterocycles. The van der Waals surface area contributed by atoms with Crippen LogP contribution in [0.1, 0.15) is 26.2 Å². The van der Waals surface area contributed by atoms with Gasteiger partial charge >= 0.3 is 0 Å². The molecule has 0 N–H and O–H groups in total. The molecule has 1 aliphatic rings. The molecule has 0 bridgehead atoms. The third kappa shape index (κ3) is 5.46. The maximum atomic E-state index is 9.16. The largest absolute Gasteiger partial charge is 0.383 e. The Hall–Kier alpha value is -1.14. The number of hydrogen-bond donors (Lipinski definition) is 0. The topological polar surface area (TPSA) is 63.3 Å². The van der Waals surface area contributed by atoms with Gasteiger partial charge in [0, 0.05) is 52.3 Å². The van der Waals surface area contributed by atoms with Crippen LogP contribution in [0, 0.1) is 28.6 Å². The zero-order chi connectivity index (χ0) is 14.8. The van der Waals surface area contributed by atoms with Crippen molar-refractivity contribution in [3.05, 3.63) is 0 Å². The molecule has 0 spiro atoms. The van der Waals surface area contributed by atoms with Crippen molar-refractivity contribution < 1.29 is 4.74 Å². The summed E-state index contributed by atoms with van der Waals surface area (Å²) in [5, 5.41) is 17.8. The summed E-state index contributed by atoms with van der Waals surface area (Å²) in [4.78, 5) is 4.86. The Kier molecular flexibility index (Phi) is 8.22. The maximum absolute atomic E-state index is 9.16. The lowest BCUT2D eigenvalue weighted by Crippen LogP contribution is -2.54. The molecule has 1 fully saturated rings. The highest BCUT2D eigenvalue weighted by Gasteiger charge is 2.26. The Bertz CT molecular complexity index is 347. The lowest BCUT2D eigenvalue weighted by molar-refractivity contribution is 0.0457. The van der Waals surface area contributed by atoms with Crippen molar-refractivity contribution in [2.45, 2.75) is 32.2 Å². The van der Waals surface area contributed by atoms with E-state index in [1.807, 2.05) is 0 Å². The molecule has 0 aromatic heterocycles. The van der Waals surface area contributed by atoms with Crippen LogP contribution in [0.25, 0.3) is 0 Å². The minimum absolute atomic E-state index is 0.0160. The summed E-state index contributed by atoms with van der Waals surface area (Å²) in [5.41, 5.74) is 0. The van der Waals surface area contributed by atoms with Crippen LogP contribution in [-0.4, -0.2) is 62.3 Å². The molecule has 0 aliphatic carbocycles. The number of methoxy groups -OCH3 is 1. The number of nitrogens with zero attached hydrogens (tertiary/aromatic N) is 4. The molecule has 20 heavy (non-hydrogen) atoms. The van der Waals surface area contributed by atoms with Crippen molar-refractivity contribution >= 4 is 0 Å². The highest BCUT2D eigenvalue weighted by molar-refractivity contribution is 4.90. The number of rotatable bonds is 8. The first-order valence-corrected chi connectivity index (χ1v) is 7.47. The summed E-state index contributed by atoms with van der Waals surface area (Å²) >= 11 is 0. The van der Waals surface area contributed by atoms with Gasteiger partial charge in [0.25, 0.3) is 0 Å². The lowest BCUT2D eigenvalue weighted by atomic mass is 10.0.